The number of hydrazone groups is 1. The highest BCUT2D eigenvalue weighted by Gasteiger charge is 1.95. The smallest absolute Gasteiger partial charge is 0.427 e. The molecule has 1 N–H and O–H groups in total. The highest BCUT2D eigenvalue weighted by atomic mass is 35.5. The summed E-state index contributed by atoms with van der Waals surface area (Å²) in [5, 5.41) is 3.66. The first-order valence-electron chi connectivity index (χ1n) is 2.79. The summed E-state index contributed by atoms with van der Waals surface area (Å²) in [4.78, 5) is 10.4. The van der Waals surface area contributed by atoms with Gasteiger partial charge in [0.1, 0.15) is 5.17 Å². The lowest BCUT2D eigenvalue weighted by atomic mass is 10.9. The van der Waals surface area contributed by atoms with Crippen LogP contribution in [0, 0.1) is 0 Å². The van der Waals surface area contributed by atoms with Crippen LogP contribution in [0.15, 0.2) is 5.10 Å². The van der Waals surface area contributed by atoms with E-state index < -0.39 is 6.09 Å². The second-order valence-electron chi connectivity index (χ2n) is 1.44. The van der Waals surface area contributed by atoms with Gasteiger partial charge in [-0.1, -0.05) is 11.6 Å². The van der Waals surface area contributed by atoms with E-state index in [9.17, 15) is 4.79 Å². The quantitative estimate of drug-likeness (QED) is 0.494. The molecule has 4 nitrogen and oxygen atoms in total. The first-order chi connectivity index (χ1) is 4.66. The molecule has 0 unspecified atom stereocenters. The summed E-state index contributed by atoms with van der Waals surface area (Å²) in [5.74, 6) is 0. The number of nitrogens with one attached hydrogen (secondary N) is 1. The summed E-state index contributed by atoms with van der Waals surface area (Å²) >= 11 is 5.30. The Kier molecular flexibility index (Phi) is 4.66. The SMILES string of the molecule is CCOC(=O)N/N=C(\C)Cl. The van der Waals surface area contributed by atoms with Crippen LogP contribution in [-0.4, -0.2) is 17.9 Å². The Balaban J connectivity index is 3.49. The topological polar surface area (TPSA) is 50.7 Å². The fourth-order valence-electron chi connectivity index (χ4n) is 0.286. The van der Waals surface area contributed by atoms with Crippen LogP contribution in [0.1, 0.15) is 13.8 Å². The third kappa shape index (κ3) is 5.37. The highest BCUT2D eigenvalue weighted by Crippen LogP contribution is 1.81. The van der Waals surface area contributed by atoms with Gasteiger partial charge in [0.15, 0.2) is 0 Å². The number of carbonyl (C=O) groups is 1. The van der Waals surface area contributed by atoms with Gasteiger partial charge in [-0.15, -0.1) is 0 Å². The van der Waals surface area contributed by atoms with Crippen LogP contribution in [-0.2, 0) is 4.74 Å². The second kappa shape index (κ2) is 5.05. The number of hydrogen-bond donors (Lipinski definition) is 1. The Labute approximate surface area is 64.2 Å². The Hall–Kier alpha value is -0.770. The Morgan fingerprint density at radius 1 is 1.80 bits per heavy atom. The molecule has 0 aliphatic carbocycles. The molecule has 10 heavy (non-hydrogen) atoms. The first kappa shape index (κ1) is 9.23. The monoisotopic (exact) mass is 164 g/mol. The molecule has 5 heteroatoms. The number of rotatable bonds is 2. The van der Waals surface area contributed by atoms with Gasteiger partial charge in [0.05, 0.1) is 6.61 Å². The molecule has 0 saturated heterocycles. The molecule has 0 aliphatic heterocycles. The summed E-state index contributed by atoms with van der Waals surface area (Å²) < 4.78 is 4.48. The van der Waals surface area contributed by atoms with Crippen molar-refractivity contribution in [3.63, 3.8) is 0 Å². The zero-order valence-corrected chi connectivity index (χ0v) is 6.60. The van der Waals surface area contributed by atoms with E-state index in [1.807, 2.05) is 0 Å². The molecule has 0 aliphatic rings. The van der Waals surface area contributed by atoms with E-state index in [0.717, 1.165) is 0 Å². The van der Waals surface area contributed by atoms with Crippen LogP contribution in [0.25, 0.3) is 0 Å². The van der Waals surface area contributed by atoms with Gasteiger partial charge < -0.3 is 4.74 Å². The standard InChI is InChI=1S/C5H9ClN2O2/c1-3-10-5(9)8-7-4(2)6/h3H2,1-2H3,(H,8,9)/b7-4+. The molecule has 0 rings (SSSR count). The van der Waals surface area contributed by atoms with Crippen molar-refractivity contribution in [1.82, 2.24) is 5.43 Å². The highest BCUT2D eigenvalue weighted by molar-refractivity contribution is 6.64. The number of hydrogen-bond acceptors (Lipinski definition) is 3. The number of halogens is 1. The van der Waals surface area contributed by atoms with E-state index in [1.165, 1.54) is 0 Å². The maximum absolute atomic E-state index is 10.4. The molecule has 0 heterocycles. The summed E-state index contributed by atoms with van der Waals surface area (Å²) in [6.45, 7) is 3.58. The number of ether oxygens (including phenoxy) is 1. The largest absolute Gasteiger partial charge is 0.449 e. The molecule has 0 aromatic heterocycles. The molecular weight excluding hydrogens is 156 g/mol. The Bertz CT molecular complexity index is 143. The van der Waals surface area contributed by atoms with Crippen LogP contribution >= 0.6 is 11.6 Å². The number of carbonyl (C=O) groups excluding carboxylic acids is 1. The van der Waals surface area contributed by atoms with Gasteiger partial charge in [0.25, 0.3) is 0 Å². The lowest BCUT2D eigenvalue weighted by Gasteiger charge is -1.97. The third-order valence-corrected chi connectivity index (χ3v) is 0.661. The average molecular weight is 165 g/mol. The summed E-state index contributed by atoms with van der Waals surface area (Å²) in [7, 11) is 0. The molecule has 58 valence electrons. The van der Waals surface area contributed by atoms with Crippen molar-refractivity contribution in [2.24, 2.45) is 5.10 Å². The van der Waals surface area contributed by atoms with Crippen LogP contribution in [0.2, 0.25) is 0 Å². The summed E-state index contributed by atoms with van der Waals surface area (Å²) in [6.07, 6.45) is -0.595. The van der Waals surface area contributed by atoms with E-state index >= 15 is 0 Å². The number of amides is 1. The predicted octanol–water partition coefficient (Wildman–Crippen LogP) is 1.30. The molecule has 0 radical (unpaired) electrons. The molecular formula is C5H9ClN2O2. The van der Waals surface area contributed by atoms with E-state index in [1.54, 1.807) is 13.8 Å². The van der Waals surface area contributed by atoms with Crippen molar-refractivity contribution in [3.05, 3.63) is 0 Å². The van der Waals surface area contributed by atoms with E-state index in [2.05, 4.69) is 15.3 Å². The lowest BCUT2D eigenvalue weighted by Crippen LogP contribution is -2.19. The second-order valence-corrected chi connectivity index (χ2v) is 1.99. The van der Waals surface area contributed by atoms with Gasteiger partial charge in [-0.25, -0.2) is 10.2 Å². The zero-order valence-electron chi connectivity index (χ0n) is 5.85. The number of nitrogens with zero attached hydrogens (tertiary/aromatic N) is 1. The van der Waals surface area contributed by atoms with Crippen molar-refractivity contribution in [2.45, 2.75) is 13.8 Å². The van der Waals surface area contributed by atoms with Gasteiger partial charge in [-0.2, -0.15) is 5.10 Å². The molecule has 0 bridgehead atoms. The average Bonchev–Trinajstić information content (AvgIpc) is 1.85. The lowest BCUT2D eigenvalue weighted by molar-refractivity contribution is 0.152. The summed E-state index contributed by atoms with van der Waals surface area (Å²) in [5.41, 5.74) is 2.08. The van der Waals surface area contributed by atoms with Gasteiger partial charge >= 0.3 is 6.09 Å². The predicted molar refractivity (Wildman–Crippen MR) is 39.1 cm³/mol. The van der Waals surface area contributed by atoms with Crippen molar-refractivity contribution in [2.75, 3.05) is 6.61 Å². The van der Waals surface area contributed by atoms with E-state index in [4.69, 9.17) is 11.6 Å². The van der Waals surface area contributed by atoms with Crippen molar-refractivity contribution >= 4 is 22.9 Å². The molecule has 0 spiro atoms. The Morgan fingerprint density at radius 2 is 2.40 bits per heavy atom. The Morgan fingerprint density at radius 3 is 2.80 bits per heavy atom. The molecule has 0 fully saturated rings. The van der Waals surface area contributed by atoms with Crippen molar-refractivity contribution in [3.8, 4) is 0 Å². The first-order valence-corrected chi connectivity index (χ1v) is 3.17. The van der Waals surface area contributed by atoms with Crippen LogP contribution < -0.4 is 5.43 Å². The minimum absolute atomic E-state index is 0.257. The summed E-state index contributed by atoms with van der Waals surface area (Å²) in [6, 6.07) is 0. The fourth-order valence-corrected chi connectivity index (χ4v) is 0.328. The van der Waals surface area contributed by atoms with Crippen LogP contribution in [0.4, 0.5) is 4.79 Å². The van der Waals surface area contributed by atoms with Crippen molar-refractivity contribution < 1.29 is 9.53 Å². The van der Waals surface area contributed by atoms with Gasteiger partial charge in [0, 0.05) is 0 Å². The van der Waals surface area contributed by atoms with Crippen LogP contribution in [0.3, 0.4) is 0 Å². The molecule has 0 atom stereocenters. The minimum atomic E-state index is -0.595. The molecule has 0 aromatic rings. The van der Waals surface area contributed by atoms with Crippen LogP contribution in [0.5, 0.6) is 0 Å². The molecule has 1 amide bonds. The molecule has 0 aromatic carbocycles. The van der Waals surface area contributed by atoms with E-state index in [-0.39, 0.29) is 5.17 Å². The third-order valence-electron chi connectivity index (χ3n) is 0.577. The van der Waals surface area contributed by atoms with E-state index in [0.29, 0.717) is 6.61 Å². The molecule has 0 saturated carbocycles. The van der Waals surface area contributed by atoms with Gasteiger partial charge in [0.2, 0.25) is 0 Å². The van der Waals surface area contributed by atoms with Gasteiger partial charge in [-0.3, -0.25) is 0 Å². The maximum atomic E-state index is 10.4. The van der Waals surface area contributed by atoms with Crippen molar-refractivity contribution in [1.29, 1.82) is 0 Å². The minimum Gasteiger partial charge on any atom is -0.449 e. The maximum Gasteiger partial charge on any atom is 0.427 e. The normalized spacial score (nSPS) is 10.9. The zero-order chi connectivity index (χ0) is 7.98. The van der Waals surface area contributed by atoms with Gasteiger partial charge in [-0.05, 0) is 13.8 Å². The fraction of sp³-hybridized carbons (Fsp3) is 0.600.